The summed E-state index contributed by atoms with van der Waals surface area (Å²) in [6.45, 7) is 6.23. The zero-order valence-electron chi connectivity index (χ0n) is 8.16. The van der Waals surface area contributed by atoms with Crippen molar-refractivity contribution < 1.29 is 9.63 Å². The van der Waals surface area contributed by atoms with Gasteiger partial charge in [-0.15, -0.1) is 0 Å². The Morgan fingerprint density at radius 2 is 2.23 bits per heavy atom. The van der Waals surface area contributed by atoms with E-state index in [-0.39, 0.29) is 0 Å². The molecule has 0 aliphatic rings. The quantitative estimate of drug-likeness (QED) is 0.703. The number of nitrogens with one attached hydrogen (secondary N) is 1. The number of aryl methyl sites for hydroxylation is 1. The average molecular weight is 185 g/mol. The molecule has 2 N–H and O–H groups in total. The predicted molar refractivity (Wildman–Crippen MR) is 47.0 cm³/mol. The van der Waals surface area contributed by atoms with Crippen LogP contribution in [0.5, 0.6) is 0 Å². The Balaban J connectivity index is 2.28. The Kier molecular flexibility index (Phi) is 3.00. The van der Waals surface area contributed by atoms with Crippen molar-refractivity contribution in [1.82, 2.24) is 15.5 Å². The van der Waals surface area contributed by atoms with Crippen molar-refractivity contribution in [2.24, 2.45) is 0 Å². The molecule has 0 aliphatic heterocycles. The van der Waals surface area contributed by atoms with Gasteiger partial charge in [-0.25, -0.2) is 0 Å². The number of aromatic nitrogens is 2. The average Bonchev–Trinajstić information content (AvgIpc) is 2.33. The highest BCUT2D eigenvalue weighted by Gasteiger charge is 2.11. The standard InChI is InChI=1S/C8H15N3O2/c1-6-10-7(11-13-6)4-9-5-8(2,3)12/h9,12H,4-5H2,1-3H3. The van der Waals surface area contributed by atoms with Gasteiger partial charge in [-0.3, -0.25) is 0 Å². The van der Waals surface area contributed by atoms with Crippen molar-refractivity contribution in [3.8, 4) is 0 Å². The van der Waals surface area contributed by atoms with E-state index in [1.54, 1.807) is 20.8 Å². The van der Waals surface area contributed by atoms with Gasteiger partial charge in [0.1, 0.15) is 0 Å². The molecule has 5 heteroatoms. The molecule has 74 valence electrons. The Morgan fingerprint density at radius 1 is 1.54 bits per heavy atom. The molecule has 0 spiro atoms. The van der Waals surface area contributed by atoms with Gasteiger partial charge >= 0.3 is 0 Å². The Morgan fingerprint density at radius 3 is 2.69 bits per heavy atom. The molecular weight excluding hydrogens is 170 g/mol. The molecule has 0 amide bonds. The minimum absolute atomic E-state index is 0.501. The first-order valence-corrected chi connectivity index (χ1v) is 4.20. The third kappa shape index (κ3) is 4.00. The lowest BCUT2D eigenvalue weighted by molar-refractivity contribution is 0.0792. The summed E-state index contributed by atoms with van der Waals surface area (Å²) in [7, 11) is 0. The van der Waals surface area contributed by atoms with Crippen LogP contribution in [0.1, 0.15) is 25.6 Å². The first-order chi connectivity index (χ1) is 5.97. The summed E-state index contributed by atoms with van der Waals surface area (Å²) in [6, 6.07) is 0. The fraction of sp³-hybridized carbons (Fsp3) is 0.750. The molecular formula is C8H15N3O2. The van der Waals surface area contributed by atoms with Crippen LogP contribution in [0.2, 0.25) is 0 Å². The Bertz CT molecular complexity index is 265. The molecule has 0 bridgehead atoms. The molecule has 0 atom stereocenters. The molecule has 1 heterocycles. The van der Waals surface area contributed by atoms with Crippen LogP contribution >= 0.6 is 0 Å². The second-order valence-corrected chi connectivity index (χ2v) is 3.65. The summed E-state index contributed by atoms with van der Waals surface area (Å²) in [5.41, 5.74) is -0.710. The third-order valence-electron chi connectivity index (χ3n) is 1.41. The third-order valence-corrected chi connectivity index (χ3v) is 1.41. The number of aliphatic hydroxyl groups is 1. The van der Waals surface area contributed by atoms with Gasteiger partial charge in [0.05, 0.1) is 12.1 Å². The van der Waals surface area contributed by atoms with Crippen LogP contribution in [-0.2, 0) is 6.54 Å². The monoisotopic (exact) mass is 185 g/mol. The van der Waals surface area contributed by atoms with E-state index in [0.29, 0.717) is 24.8 Å². The van der Waals surface area contributed by atoms with Gasteiger partial charge < -0.3 is 14.9 Å². The maximum Gasteiger partial charge on any atom is 0.223 e. The van der Waals surface area contributed by atoms with E-state index in [2.05, 4.69) is 15.5 Å². The van der Waals surface area contributed by atoms with Crippen LogP contribution in [0.15, 0.2) is 4.52 Å². The van der Waals surface area contributed by atoms with Crippen LogP contribution in [0, 0.1) is 6.92 Å². The number of rotatable bonds is 4. The molecule has 0 unspecified atom stereocenters. The second kappa shape index (κ2) is 3.85. The molecule has 1 aromatic heterocycles. The summed E-state index contributed by atoms with van der Waals surface area (Å²) in [6.07, 6.45) is 0. The van der Waals surface area contributed by atoms with Gasteiger partial charge in [0, 0.05) is 13.5 Å². The van der Waals surface area contributed by atoms with E-state index in [1.165, 1.54) is 0 Å². The SMILES string of the molecule is Cc1nc(CNCC(C)(C)O)no1. The van der Waals surface area contributed by atoms with Crippen LogP contribution < -0.4 is 5.32 Å². The zero-order chi connectivity index (χ0) is 9.90. The van der Waals surface area contributed by atoms with Crippen LogP contribution in [0.25, 0.3) is 0 Å². The maximum absolute atomic E-state index is 9.37. The second-order valence-electron chi connectivity index (χ2n) is 3.65. The molecule has 5 nitrogen and oxygen atoms in total. The lowest BCUT2D eigenvalue weighted by atomic mass is 10.1. The van der Waals surface area contributed by atoms with Crippen LogP contribution in [-0.4, -0.2) is 27.4 Å². The van der Waals surface area contributed by atoms with E-state index < -0.39 is 5.60 Å². The lowest BCUT2D eigenvalue weighted by Crippen LogP contribution is -2.34. The molecule has 0 radical (unpaired) electrons. The van der Waals surface area contributed by atoms with Crippen molar-refractivity contribution in [1.29, 1.82) is 0 Å². The zero-order valence-corrected chi connectivity index (χ0v) is 8.16. The smallest absolute Gasteiger partial charge is 0.223 e. The number of nitrogens with zero attached hydrogens (tertiary/aromatic N) is 2. The fourth-order valence-corrected chi connectivity index (χ4v) is 0.893. The molecule has 1 rings (SSSR count). The highest BCUT2D eigenvalue weighted by atomic mass is 16.5. The summed E-state index contributed by atoms with van der Waals surface area (Å²) in [4.78, 5) is 4.01. The van der Waals surface area contributed by atoms with E-state index >= 15 is 0 Å². The van der Waals surface area contributed by atoms with Crippen molar-refractivity contribution >= 4 is 0 Å². The van der Waals surface area contributed by atoms with Crippen molar-refractivity contribution in [2.75, 3.05) is 6.54 Å². The predicted octanol–water partition coefficient (Wildman–Crippen LogP) is 0.239. The molecule has 0 fully saturated rings. The molecule has 0 aromatic carbocycles. The first-order valence-electron chi connectivity index (χ1n) is 4.20. The normalized spacial score (nSPS) is 12.0. The topological polar surface area (TPSA) is 71.2 Å². The van der Waals surface area contributed by atoms with Gasteiger partial charge in [-0.1, -0.05) is 5.16 Å². The van der Waals surface area contributed by atoms with Crippen molar-refractivity contribution in [2.45, 2.75) is 32.9 Å². The summed E-state index contributed by atoms with van der Waals surface area (Å²) >= 11 is 0. The molecule has 1 aromatic rings. The summed E-state index contributed by atoms with van der Waals surface area (Å²) < 4.78 is 4.78. The Hall–Kier alpha value is -0.940. The fourth-order valence-electron chi connectivity index (χ4n) is 0.893. The number of hydrogen-bond acceptors (Lipinski definition) is 5. The van der Waals surface area contributed by atoms with Gasteiger partial charge in [0.2, 0.25) is 5.89 Å². The van der Waals surface area contributed by atoms with E-state index in [9.17, 15) is 5.11 Å². The number of hydrogen-bond donors (Lipinski definition) is 2. The Labute approximate surface area is 77.2 Å². The largest absolute Gasteiger partial charge is 0.389 e. The van der Waals surface area contributed by atoms with Gasteiger partial charge in [-0.2, -0.15) is 4.98 Å². The van der Waals surface area contributed by atoms with Gasteiger partial charge in [0.25, 0.3) is 0 Å². The van der Waals surface area contributed by atoms with E-state index in [1.807, 2.05) is 0 Å². The maximum atomic E-state index is 9.37. The molecule has 13 heavy (non-hydrogen) atoms. The lowest BCUT2D eigenvalue weighted by Gasteiger charge is -2.16. The molecule has 0 saturated carbocycles. The van der Waals surface area contributed by atoms with Crippen molar-refractivity contribution in [3.63, 3.8) is 0 Å². The van der Waals surface area contributed by atoms with Crippen LogP contribution in [0.3, 0.4) is 0 Å². The highest BCUT2D eigenvalue weighted by Crippen LogP contribution is 1.99. The first kappa shape index (κ1) is 10.1. The van der Waals surface area contributed by atoms with E-state index in [4.69, 9.17) is 4.52 Å². The minimum atomic E-state index is -0.710. The van der Waals surface area contributed by atoms with E-state index in [0.717, 1.165) is 0 Å². The summed E-state index contributed by atoms with van der Waals surface area (Å²) in [5.74, 6) is 1.17. The van der Waals surface area contributed by atoms with Crippen LogP contribution in [0.4, 0.5) is 0 Å². The van der Waals surface area contributed by atoms with Gasteiger partial charge in [-0.05, 0) is 13.8 Å². The van der Waals surface area contributed by atoms with Gasteiger partial charge in [0.15, 0.2) is 5.82 Å². The minimum Gasteiger partial charge on any atom is -0.389 e. The van der Waals surface area contributed by atoms with Crippen molar-refractivity contribution in [3.05, 3.63) is 11.7 Å². The highest BCUT2D eigenvalue weighted by molar-refractivity contribution is 4.83. The summed E-state index contributed by atoms with van der Waals surface area (Å²) in [5, 5.41) is 16.1. The molecule has 0 saturated heterocycles. The molecule has 0 aliphatic carbocycles.